The van der Waals surface area contributed by atoms with Crippen molar-refractivity contribution in [3.8, 4) is 5.75 Å². The van der Waals surface area contributed by atoms with Gasteiger partial charge in [-0.25, -0.2) is 17.6 Å². The van der Waals surface area contributed by atoms with Gasteiger partial charge in [0.15, 0.2) is 11.6 Å². The number of methoxy groups -OCH3 is 1. The summed E-state index contributed by atoms with van der Waals surface area (Å²) >= 11 is 0.988. The summed E-state index contributed by atoms with van der Waals surface area (Å²) in [6.45, 7) is -0.0402. The zero-order valence-corrected chi connectivity index (χ0v) is 14.7. The second-order valence-corrected chi connectivity index (χ2v) is 7.64. The highest BCUT2D eigenvalue weighted by molar-refractivity contribution is 7.89. The molecule has 1 heterocycles. The van der Waals surface area contributed by atoms with Gasteiger partial charge in [-0.3, -0.25) is 0 Å². The third-order valence-electron chi connectivity index (χ3n) is 3.19. The van der Waals surface area contributed by atoms with Crippen LogP contribution >= 0.6 is 11.3 Å². The molecular formula is C15H16FNO5S2. The molecule has 0 unspecified atom stereocenters. The number of para-hydroxylation sites is 1. The van der Waals surface area contributed by atoms with E-state index in [1.165, 1.54) is 43.8 Å². The maximum Gasteiger partial charge on any atom is 0.349 e. The van der Waals surface area contributed by atoms with Crippen LogP contribution in [0.1, 0.15) is 9.67 Å². The van der Waals surface area contributed by atoms with E-state index in [-0.39, 0.29) is 28.7 Å². The lowest BCUT2D eigenvalue weighted by molar-refractivity contribution is 0.0602. The van der Waals surface area contributed by atoms with Gasteiger partial charge < -0.3 is 9.47 Å². The van der Waals surface area contributed by atoms with E-state index in [0.717, 1.165) is 15.6 Å². The maximum absolute atomic E-state index is 13.4. The second-order valence-electron chi connectivity index (χ2n) is 4.71. The van der Waals surface area contributed by atoms with Crippen LogP contribution in [0.4, 0.5) is 4.39 Å². The molecule has 2 rings (SSSR count). The van der Waals surface area contributed by atoms with E-state index in [4.69, 9.17) is 4.74 Å². The standard InChI is InChI=1S/C15H16FNO5S2/c1-17(8-9-22-12-6-4-3-5-11(12)16)24(19,20)13-7-10-23-14(13)15(18)21-2/h3-7,10H,8-9H2,1-2H3. The molecule has 0 aliphatic rings. The third kappa shape index (κ3) is 3.92. The summed E-state index contributed by atoms with van der Waals surface area (Å²) in [5.41, 5.74) is 0. The first-order valence-electron chi connectivity index (χ1n) is 6.87. The van der Waals surface area contributed by atoms with Crippen molar-refractivity contribution in [2.75, 3.05) is 27.3 Å². The Balaban J connectivity index is 2.06. The molecule has 0 amide bonds. The minimum atomic E-state index is -3.88. The first kappa shape index (κ1) is 18.4. The molecule has 0 radical (unpaired) electrons. The Morgan fingerprint density at radius 2 is 2.00 bits per heavy atom. The van der Waals surface area contributed by atoms with Gasteiger partial charge in [-0.1, -0.05) is 12.1 Å². The van der Waals surface area contributed by atoms with Crippen molar-refractivity contribution in [2.24, 2.45) is 0 Å². The Morgan fingerprint density at radius 3 is 2.67 bits per heavy atom. The average molecular weight is 373 g/mol. The van der Waals surface area contributed by atoms with Gasteiger partial charge in [0.2, 0.25) is 10.0 Å². The first-order chi connectivity index (χ1) is 11.4. The number of rotatable bonds is 7. The summed E-state index contributed by atoms with van der Waals surface area (Å²) < 4.78 is 49.4. The molecule has 0 aliphatic heterocycles. The molecule has 130 valence electrons. The maximum atomic E-state index is 13.4. The van der Waals surface area contributed by atoms with Crippen molar-refractivity contribution >= 4 is 27.3 Å². The highest BCUT2D eigenvalue weighted by Crippen LogP contribution is 2.25. The molecule has 0 N–H and O–H groups in total. The highest BCUT2D eigenvalue weighted by Gasteiger charge is 2.28. The fourth-order valence-corrected chi connectivity index (χ4v) is 4.33. The molecule has 0 spiro atoms. The van der Waals surface area contributed by atoms with E-state index in [1.54, 1.807) is 6.07 Å². The van der Waals surface area contributed by atoms with Crippen molar-refractivity contribution in [3.05, 3.63) is 46.4 Å². The van der Waals surface area contributed by atoms with Crippen LogP contribution in [0.15, 0.2) is 40.6 Å². The van der Waals surface area contributed by atoms with E-state index in [0.29, 0.717) is 0 Å². The predicted octanol–water partition coefficient (Wildman–Crippen LogP) is 2.37. The molecule has 6 nitrogen and oxygen atoms in total. The molecule has 0 saturated heterocycles. The number of thiophene rings is 1. The van der Waals surface area contributed by atoms with Crippen LogP contribution < -0.4 is 4.74 Å². The van der Waals surface area contributed by atoms with Gasteiger partial charge in [-0.2, -0.15) is 4.31 Å². The number of sulfonamides is 1. The number of nitrogens with zero attached hydrogens (tertiary/aromatic N) is 1. The monoisotopic (exact) mass is 373 g/mol. The fourth-order valence-electron chi connectivity index (χ4n) is 1.88. The molecular weight excluding hydrogens is 357 g/mol. The normalized spacial score (nSPS) is 11.5. The summed E-state index contributed by atoms with van der Waals surface area (Å²) in [5, 5.41) is 1.50. The average Bonchev–Trinajstić information content (AvgIpc) is 3.06. The van der Waals surface area contributed by atoms with Crippen LogP contribution in [0, 0.1) is 5.82 Å². The molecule has 0 bridgehead atoms. The van der Waals surface area contributed by atoms with Crippen LogP contribution in [0.25, 0.3) is 0 Å². The number of likely N-dealkylation sites (N-methyl/N-ethyl adjacent to an activating group) is 1. The zero-order valence-electron chi connectivity index (χ0n) is 13.1. The molecule has 1 aromatic carbocycles. The summed E-state index contributed by atoms with van der Waals surface area (Å²) in [5.74, 6) is -1.18. The quantitative estimate of drug-likeness (QED) is 0.697. The van der Waals surface area contributed by atoms with E-state index in [9.17, 15) is 17.6 Å². The number of hydrogen-bond donors (Lipinski definition) is 0. The third-order valence-corrected chi connectivity index (χ3v) is 6.11. The number of carbonyl (C=O) groups excluding carboxylic acids is 1. The number of ether oxygens (including phenoxy) is 2. The Morgan fingerprint density at radius 1 is 1.29 bits per heavy atom. The van der Waals surface area contributed by atoms with Gasteiger partial charge in [0, 0.05) is 13.6 Å². The molecule has 0 saturated carbocycles. The Hall–Kier alpha value is -1.97. The van der Waals surface area contributed by atoms with E-state index in [1.807, 2.05) is 0 Å². The van der Waals surface area contributed by atoms with Crippen LogP contribution in [0.5, 0.6) is 5.75 Å². The zero-order chi connectivity index (χ0) is 17.7. The smallest absolute Gasteiger partial charge is 0.349 e. The van der Waals surface area contributed by atoms with Gasteiger partial charge >= 0.3 is 5.97 Å². The summed E-state index contributed by atoms with van der Waals surface area (Å²) in [6.07, 6.45) is 0. The topological polar surface area (TPSA) is 72.9 Å². The second kappa shape index (κ2) is 7.73. The number of hydrogen-bond acceptors (Lipinski definition) is 6. The van der Waals surface area contributed by atoms with E-state index in [2.05, 4.69) is 4.74 Å². The van der Waals surface area contributed by atoms with Gasteiger partial charge in [0.05, 0.1) is 7.11 Å². The predicted molar refractivity (Wildman–Crippen MR) is 87.4 cm³/mol. The van der Waals surface area contributed by atoms with Crippen LogP contribution in [-0.2, 0) is 14.8 Å². The minimum Gasteiger partial charge on any atom is -0.489 e. The SMILES string of the molecule is COC(=O)c1sccc1S(=O)(=O)N(C)CCOc1ccccc1F. The first-order valence-corrected chi connectivity index (χ1v) is 9.19. The molecule has 0 aliphatic carbocycles. The number of esters is 1. The summed E-state index contributed by atoms with van der Waals surface area (Å²) in [7, 11) is -1.33. The van der Waals surface area contributed by atoms with Crippen molar-refractivity contribution in [2.45, 2.75) is 4.90 Å². The van der Waals surface area contributed by atoms with Gasteiger partial charge in [0.25, 0.3) is 0 Å². The lowest BCUT2D eigenvalue weighted by Gasteiger charge is -2.17. The molecule has 0 atom stereocenters. The van der Waals surface area contributed by atoms with Crippen molar-refractivity contribution in [1.29, 1.82) is 0 Å². The molecule has 9 heteroatoms. The van der Waals surface area contributed by atoms with Crippen molar-refractivity contribution in [1.82, 2.24) is 4.31 Å². The number of halogens is 1. The summed E-state index contributed by atoms with van der Waals surface area (Å²) in [6, 6.07) is 7.21. The molecule has 2 aromatic rings. The Labute approximate surface area is 143 Å². The van der Waals surface area contributed by atoms with Gasteiger partial charge in [-0.15, -0.1) is 11.3 Å². The lowest BCUT2D eigenvalue weighted by atomic mass is 10.3. The largest absolute Gasteiger partial charge is 0.489 e. The number of carbonyl (C=O) groups is 1. The molecule has 0 fully saturated rings. The molecule has 24 heavy (non-hydrogen) atoms. The fraction of sp³-hybridized carbons (Fsp3) is 0.267. The van der Waals surface area contributed by atoms with Crippen molar-refractivity contribution < 1.29 is 27.1 Å². The Bertz CT molecular complexity index is 819. The number of benzene rings is 1. The van der Waals surface area contributed by atoms with Crippen LogP contribution in [0.2, 0.25) is 0 Å². The van der Waals surface area contributed by atoms with Crippen molar-refractivity contribution in [3.63, 3.8) is 0 Å². The molecule has 1 aromatic heterocycles. The van der Waals surface area contributed by atoms with Gasteiger partial charge in [0.1, 0.15) is 16.4 Å². The summed E-state index contributed by atoms with van der Waals surface area (Å²) in [4.78, 5) is 11.5. The van der Waals surface area contributed by atoms with Crippen LogP contribution in [-0.4, -0.2) is 46.0 Å². The lowest BCUT2D eigenvalue weighted by Crippen LogP contribution is -2.31. The Kier molecular flexibility index (Phi) is 5.92. The van der Waals surface area contributed by atoms with E-state index >= 15 is 0 Å². The van der Waals surface area contributed by atoms with E-state index < -0.39 is 21.8 Å². The van der Waals surface area contributed by atoms with Crippen LogP contribution in [0.3, 0.4) is 0 Å². The minimum absolute atomic E-state index is 0.00682. The van der Waals surface area contributed by atoms with Gasteiger partial charge in [-0.05, 0) is 23.6 Å². The highest BCUT2D eigenvalue weighted by atomic mass is 32.2.